The molecule has 4 aliphatic rings. The highest BCUT2D eigenvalue weighted by Crippen LogP contribution is 2.67. The van der Waals surface area contributed by atoms with Gasteiger partial charge in [-0.2, -0.15) is 0 Å². The minimum atomic E-state index is -0.110. The quantitative estimate of drug-likeness (QED) is 0.638. The molecule has 0 aliphatic heterocycles. The first kappa shape index (κ1) is 21.4. The van der Waals surface area contributed by atoms with E-state index in [1.165, 1.54) is 38.5 Å². The summed E-state index contributed by atoms with van der Waals surface area (Å²) in [5.74, 6) is 4.18. The fraction of sp³-hybridized carbons (Fsp3) is 0.885. The first-order valence-electron chi connectivity index (χ1n) is 12.2. The van der Waals surface area contributed by atoms with Crippen LogP contribution in [-0.4, -0.2) is 36.1 Å². The van der Waals surface area contributed by atoms with Gasteiger partial charge in [-0.25, -0.2) is 0 Å². The number of carbonyl (C=O) groups is 1. The maximum atomic E-state index is 12.1. The van der Waals surface area contributed by atoms with Crippen LogP contribution < -0.4 is 0 Å². The van der Waals surface area contributed by atoms with E-state index in [9.17, 15) is 9.90 Å². The number of hydrogen-bond acceptors (Lipinski definition) is 2. The van der Waals surface area contributed by atoms with E-state index >= 15 is 0 Å². The predicted molar refractivity (Wildman–Crippen MR) is 118 cm³/mol. The van der Waals surface area contributed by atoms with Crippen LogP contribution in [0, 0.1) is 40.4 Å². The Hall–Kier alpha value is -0.830. The van der Waals surface area contributed by atoms with Gasteiger partial charge in [-0.05, 0) is 98.2 Å². The van der Waals surface area contributed by atoms with Gasteiger partial charge in [-0.1, -0.05) is 32.4 Å². The molecule has 0 radical (unpaired) electrons. The third-order valence-corrected chi connectivity index (χ3v) is 10.2. The van der Waals surface area contributed by atoms with Crippen molar-refractivity contribution in [3.05, 3.63) is 11.6 Å². The summed E-state index contributed by atoms with van der Waals surface area (Å²) in [4.78, 5) is 13.8. The zero-order chi connectivity index (χ0) is 21.0. The fourth-order valence-electron chi connectivity index (χ4n) is 8.39. The molecular formula is C26H43NO2. The van der Waals surface area contributed by atoms with E-state index in [0.717, 1.165) is 42.9 Å². The van der Waals surface area contributed by atoms with Crippen molar-refractivity contribution in [1.29, 1.82) is 0 Å². The molecule has 8 atom stereocenters. The molecule has 164 valence electrons. The Kier molecular flexibility index (Phi) is 5.68. The van der Waals surface area contributed by atoms with Crippen molar-refractivity contribution in [2.75, 3.05) is 14.1 Å². The minimum Gasteiger partial charge on any atom is -0.393 e. The SMILES string of the molecule is C[C@H](CCC(=O)N(C)C)[C@H]1CC[C@H]2[C@@H]3CC=C4CC(O)CC[C@]4(C)[C@H]3CC[C@]12C. The molecule has 1 unspecified atom stereocenters. The van der Waals surface area contributed by atoms with Gasteiger partial charge < -0.3 is 10.0 Å². The van der Waals surface area contributed by atoms with Crippen LogP contribution in [-0.2, 0) is 4.79 Å². The number of aliphatic hydroxyl groups is 1. The van der Waals surface area contributed by atoms with Gasteiger partial charge in [0.25, 0.3) is 0 Å². The molecule has 3 heteroatoms. The Morgan fingerprint density at radius 3 is 2.66 bits per heavy atom. The summed E-state index contributed by atoms with van der Waals surface area (Å²) < 4.78 is 0. The van der Waals surface area contributed by atoms with Gasteiger partial charge in [-0.3, -0.25) is 4.79 Å². The molecule has 29 heavy (non-hydrogen) atoms. The number of rotatable bonds is 4. The molecule has 3 nitrogen and oxygen atoms in total. The van der Waals surface area contributed by atoms with Crippen molar-refractivity contribution in [3.8, 4) is 0 Å². The van der Waals surface area contributed by atoms with Crippen LogP contribution in [0.15, 0.2) is 11.6 Å². The van der Waals surface area contributed by atoms with Gasteiger partial charge in [0, 0.05) is 20.5 Å². The van der Waals surface area contributed by atoms with Crippen LogP contribution in [0.4, 0.5) is 0 Å². The molecule has 0 heterocycles. The summed E-state index contributed by atoms with van der Waals surface area (Å²) in [6.07, 6.45) is 14.0. The molecule has 0 aromatic rings. The number of amides is 1. The molecule has 3 fully saturated rings. The maximum absolute atomic E-state index is 12.1. The third kappa shape index (κ3) is 3.50. The average Bonchev–Trinajstić information content (AvgIpc) is 3.03. The van der Waals surface area contributed by atoms with E-state index in [4.69, 9.17) is 0 Å². The molecule has 0 saturated heterocycles. The van der Waals surface area contributed by atoms with Gasteiger partial charge in [-0.15, -0.1) is 0 Å². The molecule has 1 amide bonds. The smallest absolute Gasteiger partial charge is 0.222 e. The first-order valence-corrected chi connectivity index (χ1v) is 12.2. The van der Waals surface area contributed by atoms with Gasteiger partial charge in [0.2, 0.25) is 5.91 Å². The molecular weight excluding hydrogens is 358 g/mol. The van der Waals surface area contributed by atoms with E-state index < -0.39 is 0 Å². The number of nitrogens with zero attached hydrogens (tertiary/aromatic N) is 1. The minimum absolute atomic E-state index is 0.110. The molecule has 0 spiro atoms. The molecule has 0 aromatic heterocycles. The summed E-state index contributed by atoms with van der Waals surface area (Å²) in [6, 6.07) is 0. The summed E-state index contributed by atoms with van der Waals surface area (Å²) in [5.41, 5.74) is 2.37. The molecule has 4 aliphatic carbocycles. The van der Waals surface area contributed by atoms with Crippen LogP contribution in [0.25, 0.3) is 0 Å². The highest BCUT2D eigenvalue weighted by molar-refractivity contribution is 5.75. The topological polar surface area (TPSA) is 40.5 Å². The second kappa shape index (κ2) is 7.70. The third-order valence-electron chi connectivity index (χ3n) is 10.2. The number of hydrogen-bond donors (Lipinski definition) is 1. The van der Waals surface area contributed by atoms with Crippen molar-refractivity contribution >= 4 is 5.91 Å². The predicted octanol–water partition coefficient (Wildman–Crippen LogP) is 5.43. The van der Waals surface area contributed by atoms with Crippen molar-refractivity contribution in [2.24, 2.45) is 40.4 Å². The van der Waals surface area contributed by atoms with Crippen molar-refractivity contribution in [1.82, 2.24) is 4.90 Å². The summed E-state index contributed by atoms with van der Waals surface area (Å²) >= 11 is 0. The first-order chi connectivity index (χ1) is 13.7. The molecule has 0 aromatic carbocycles. The number of fused-ring (bicyclic) bond motifs is 5. The average molecular weight is 402 g/mol. The van der Waals surface area contributed by atoms with Crippen LogP contribution in [0.2, 0.25) is 0 Å². The van der Waals surface area contributed by atoms with Crippen molar-refractivity contribution in [3.63, 3.8) is 0 Å². The number of aliphatic hydroxyl groups excluding tert-OH is 1. The fourth-order valence-corrected chi connectivity index (χ4v) is 8.39. The van der Waals surface area contributed by atoms with E-state index in [0.29, 0.717) is 23.2 Å². The van der Waals surface area contributed by atoms with Gasteiger partial charge in [0.15, 0.2) is 0 Å². The van der Waals surface area contributed by atoms with Crippen LogP contribution >= 0.6 is 0 Å². The lowest BCUT2D eigenvalue weighted by Crippen LogP contribution is -2.50. The molecule has 4 rings (SSSR count). The van der Waals surface area contributed by atoms with Crippen LogP contribution in [0.5, 0.6) is 0 Å². The van der Waals surface area contributed by atoms with Gasteiger partial charge in [0.05, 0.1) is 6.10 Å². The van der Waals surface area contributed by atoms with Crippen molar-refractivity contribution in [2.45, 2.75) is 91.1 Å². The number of allylic oxidation sites excluding steroid dienone is 1. The Morgan fingerprint density at radius 1 is 1.17 bits per heavy atom. The zero-order valence-corrected chi connectivity index (χ0v) is 19.4. The monoisotopic (exact) mass is 401 g/mol. The van der Waals surface area contributed by atoms with Crippen LogP contribution in [0.1, 0.15) is 85.0 Å². The number of carbonyl (C=O) groups excluding carboxylic acids is 1. The standard InChI is InChI=1S/C26H43NO2/c1-17(6-11-24(29)27(4)5)21-9-10-22-20-8-7-18-16-19(28)12-14-25(18,2)23(20)13-15-26(21,22)3/h7,17,19-23,28H,6,8-16H2,1-5H3/t17-,19?,20+,21-,22+,23+,25+,26-/m1/s1. The maximum Gasteiger partial charge on any atom is 0.222 e. The Bertz CT molecular complexity index is 670. The lowest BCUT2D eigenvalue weighted by atomic mass is 9.47. The van der Waals surface area contributed by atoms with E-state index in [2.05, 4.69) is 26.8 Å². The highest BCUT2D eigenvalue weighted by atomic mass is 16.3. The summed E-state index contributed by atoms with van der Waals surface area (Å²) in [7, 11) is 3.74. The van der Waals surface area contributed by atoms with Crippen LogP contribution in [0.3, 0.4) is 0 Å². The molecule has 0 bridgehead atoms. The lowest BCUT2D eigenvalue weighted by molar-refractivity contribution is -0.129. The summed E-state index contributed by atoms with van der Waals surface area (Å²) in [5, 5.41) is 10.2. The van der Waals surface area contributed by atoms with Gasteiger partial charge >= 0.3 is 0 Å². The van der Waals surface area contributed by atoms with Crippen molar-refractivity contribution < 1.29 is 9.90 Å². The van der Waals surface area contributed by atoms with E-state index in [1.54, 1.807) is 10.5 Å². The summed E-state index contributed by atoms with van der Waals surface area (Å²) in [6.45, 7) is 7.53. The largest absolute Gasteiger partial charge is 0.393 e. The second-order valence-electron chi connectivity index (χ2n) is 11.7. The Morgan fingerprint density at radius 2 is 1.93 bits per heavy atom. The second-order valence-corrected chi connectivity index (χ2v) is 11.7. The van der Waals surface area contributed by atoms with E-state index in [1.807, 2.05) is 14.1 Å². The zero-order valence-electron chi connectivity index (χ0n) is 19.4. The van der Waals surface area contributed by atoms with E-state index in [-0.39, 0.29) is 12.0 Å². The Balaban J connectivity index is 1.49. The lowest BCUT2D eigenvalue weighted by Gasteiger charge is -2.58. The molecule has 3 saturated carbocycles. The molecule has 1 N–H and O–H groups in total. The highest BCUT2D eigenvalue weighted by Gasteiger charge is 2.59. The van der Waals surface area contributed by atoms with Gasteiger partial charge in [0.1, 0.15) is 0 Å². The Labute approximate surface area is 178 Å². The normalized spacial score (nSPS) is 44.9.